The molecule has 0 unspecified atom stereocenters. The summed E-state index contributed by atoms with van der Waals surface area (Å²) in [5, 5.41) is 10.5. The number of likely N-dealkylation sites (tertiary alicyclic amines) is 1. The van der Waals surface area contributed by atoms with E-state index in [2.05, 4.69) is 0 Å². The first-order valence-corrected chi connectivity index (χ1v) is 9.25. The molecular formula is C19H27ClN2O4. The Morgan fingerprint density at radius 1 is 1.31 bits per heavy atom. The van der Waals surface area contributed by atoms with Crippen LogP contribution in [-0.2, 0) is 9.53 Å². The Balaban J connectivity index is 2.20. The van der Waals surface area contributed by atoms with Crippen molar-refractivity contribution in [3.8, 4) is 0 Å². The molecule has 0 radical (unpaired) electrons. The van der Waals surface area contributed by atoms with Crippen LogP contribution >= 0.6 is 11.6 Å². The fourth-order valence-electron chi connectivity index (χ4n) is 3.17. The highest BCUT2D eigenvalue weighted by molar-refractivity contribution is 6.27. The van der Waals surface area contributed by atoms with Gasteiger partial charge in [-0.1, -0.05) is 30.3 Å². The molecule has 2 rings (SSSR count). The topological polar surface area (TPSA) is 70.1 Å². The Kier molecular flexibility index (Phi) is 6.53. The first-order valence-electron chi connectivity index (χ1n) is 8.72. The summed E-state index contributed by atoms with van der Waals surface area (Å²) in [6.45, 7) is 7.58. The number of carbonyl (C=O) groups excluding carboxylic acids is 2. The third-order valence-electron chi connectivity index (χ3n) is 4.37. The lowest BCUT2D eigenvalue weighted by atomic mass is 10.0. The number of alkyl halides is 1. The maximum absolute atomic E-state index is 12.5. The number of amides is 2. The molecule has 2 amide bonds. The maximum atomic E-state index is 12.5. The minimum atomic E-state index is -0.860. The van der Waals surface area contributed by atoms with E-state index in [-0.39, 0.29) is 30.9 Å². The van der Waals surface area contributed by atoms with Gasteiger partial charge in [0.1, 0.15) is 11.5 Å². The van der Waals surface area contributed by atoms with E-state index in [0.717, 1.165) is 5.56 Å². The predicted octanol–water partition coefficient (Wildman–Crippen LogP) is 2.80. The second kappa shape index (κ2) is 8.27. The van der Waals surface area contributed by atoms with E-state index >= 15 is 0 Å². The second-order valence-corrected chi connectivity index (χ2v) is 7.81. The quantitative estimate of drug-likeness (QED) is 0.813. The van der Waals surface area contributed by atoms with Crippen molar-refractivity contribution in [1.82, 2.24) is 9.80 Å². The number of ether oxygens (including phenoxy) is 1. The van der Waals surface area contributed by atoms with E-state index in [4.69, 9.17) is 16.3 Å². The number of rotatable bonds is 4. The maximum Gasteiger partial charge on any atom is 0.410 e. The van der Waals surface area contributed by atoms with Crippen LogP contribution in [0.1, 0.15) is 39.3 Å². The van der Waals surface area contributed by atoms with Crippen LogP contribution in [0.3, 0.4) is 0 Å². The first kappa shape index (κ1) is 20.5. The Bertz CT molecular complexity index is 632. The monoisotopic (exact) mass is 382 g/mol. The van der Waals surface area contributed by atoms with Gasteiger partial charge in [-0.15, -0.1) is 11.6 Å². The molecular weight excluding hydrogens is 356 g/mol. The molecule has 0 spiro atoms. The van der Waals surface area contributed by atoms with Gasteiger partial charge >= 0.3 is 6.09 Å². The van der Waals surface area contributed by atoms with Crippen LogP contribution in [0.25, 0.3) is 0 Å². The highest BCUT2D eigenvalue weighted by Gasteiger charge is 2.42. The van der Waals surface area contributed by atoms with Gasteiger partial charge in [0.05, 0.1) is 24.7 Å². The van der Waals surface area contributed by atoms with Crippen molar-refractivity contribution in [3.63, 3.8) is 0 Å². The number of nitrogens with zero attached hydrogens (tertiary/aromatic N) is 2. The molecule has 7 heteroatoms. The highest BCUT2D eigenvalue weighted by atomic mass is 35.5. The minimum Gasteiger partial charge on any atom is -0.444 e. The lowest BCUT2D eigenvalue weighted by molar-refractivity contribution is -0.135. The zero-order valence-electron chi connectivity index (χ0n) is 15.7. The number of hydrogen-bond donors (Lipinski definition) is 1. The van der Waals surface area contributed by atoms with Crippen molar-refractivity contribution in [2.75, 3.05) is 19.0 Å². The van der Waals surface area contributed by atoms with Gasteiger partial charge in [-0.3, -0.25) is 4.79 Å². The van der Waals surface area contributed by atoms with Gasteiger partial charge in [0.15, 0.2) is 0 Å². The van der Waals surface area contributed by atoms with Crippen LogP contribution < -0.4 is 0 Å². The summed E-state index contributed by atoms with van der Waals surface area (Å²) in [4.78, 5) is 27.8. The van der Waals surface area contributed by atoms with Crippen LogP contribution in [0.15, 0.2) is 30.3 Å². The van der Waals surface area contributed by atoms with Crippen molar-refractivity contribution >= 4 is 23.6 Å². The van der Waals surface area contributed by atoms with Crippen LogP contribution in [0.5, 0.6) is 0 Å². The van der Waals surface area contributed by atoms with Crippen LogP contribution in [0, 0.1) is 0 Å². The van der Waals surface area contributed by atoms with Crippen molar-refractivity contribution in [1.29, 1.82) is 0 Å². The Hall–Kier alpha value is -1.79. The van der Waals surface area contributed by atoms with Gasteiger partial charge in [0, 0.05) is 6.54 Å². The fourth-order valence-corrected chi connectivity index (χ4v) is 3.31. The van der Waals surface area contributed by atoms with Gasteiger partial charge in [-0.05, 0) is 33.3 Å². The average molecular weight is 383 g/mol. The van der Waals surface area contributed by atoms with Crippen molar-refractivity contribution < 1.29 is 19.4 Å². The molecule has 1 fully saturated rings. The van der Waals surface area contributed by atoms with Gasteiger partial charge in [0.2, 0.25) is 5.91 Å². The normalized spacial score (nSPS) is 21.4. The summed E-state index contributed by atoms with van der Waals surface area (Å²) < 4.78 is 5.38. The van der Waals surface area contributed by atoms with E-state index in [9.17, 15) is 14.7 Å². The van der Waals surface area contributed by atoms with E-state index in [0.29, 0.717) is 0 Å². The Labute approximate surface area is 159 Å². The lowest BCUT2D eigenvalue weighted by Gasteiger charge is -2.35. The largest absolute Gasteiger partial charge is 0.444 e. The number of aliphatic hydroxyl groups excluding tert-OH is 1. The summed E-state index contributed by atoms with van der Waals surface area (Å²) in [7, 11) is 0. The van der Waals surface area contributed by atoms with E-state index < -0.39 is 23.8 Å². The van der Waals surface area contributed by atoms with E-state index in [1.54, 1.807) is 25.7 Å². The summed E-state index contributed by atoms with van der Waals surface area (Å²) >= 11 is 5.81. The van der Waals surface area contributed by atoms with Crippen molar-refractivity contribution in [2.45, 2.75) is 51.5 Å². The lowest BCUT2D eigenvalue weighted by Crippen LogP contribution is -2.48. The number of β-amino-alcohol motifs (C(OH)–C–C–N with tert-alkyl or cyclic N) is 1. The fraction of sp³-hybridized carbons (Fsp3) is 0.579. The van der Waals surface area contributed by atoms with Crippen LogP contribution in [-0.4, -0.2) is 63.6 Å². The summed E-state index contributed by atoms with van der Waals surface area (Å²) in [6.07, 6.45) is -1.36. The molecule has 0 aliphatic carbocycles. The minimum absolute atomic E-state index is 0.118. The van der Waals surface area contributed by atoms with Crippen molar-refractivity contribution in [2.24, 2.45) is 0 Å². The van der Waals surface area contributed by atoms with Gasteiger partial charge in [-0.2, -0.15) is 0 Å². The Morgan fingerprint density at radius 3 is 2.46 bits per heavy atom. The third kappa shape index (κ3) is 4.89. The number of halogens is 1. The zero-order valence-corrected chi connectivity index (χ0v) is 16.4. The molecule has 26 heavy (non-hydrogen) atoms. The number of hydrogen-bond acceptors (Lipinski definition) is 4. The smallest absolute Gasteiger partial charge is 0.410 e. The molecule has 1 aromatic rings. The molecule has 3 atom stereocenters. The molecule has 6 nitrogen and oxygen atoms in total. The van der Waals surface area contributed by atoms with E-state index in [1.807, 2.05) is 37.3 Å². The SMILES string of the molecule is C[C@H](c1ccccc1)N(C(=O)CCl)[C@@H]1CN(C(=O)OC(C)(C)C)C[C@H]1O. The third-order valence-corrected chi connectivity index (χ3v) is 4.60. The van der Waals surface area contributed by atoms with Crippen LogP contribution in [0.2, 0.25) is 0 Å². The summed E-state index contributed by atoms with van der Waals surface area (Å²) in [5.41, 5.74) is 0.317. The van der Waals surface area contributed by atoms with Gasteiger partial charge < -0.3 is 19.6 Å². The van der Waals surface area contributed by atoms with Crippen LogP contribution in [0.4, 0.5) is 4.79 Å². The molecule has 0 saturated carbocycles. The second-order valence-electron chi connectivity index (χ2n) is 7.54. The summed E-state index contributed by atoms with van der Waals surface area (Å²) in [5.74, 6) is -0.467. The van der Waals surface area contributed by atoms with Gasteiger partial charge in [-0.25, -0.2) is 4.79 Å². The molecule has 1 aliphatic heterocycles. The molecule has 0 bridgehead atoms. The molecule has 1 heterocycles. The number of benzene rings is 1. The average Bonchev–Trinajstić information content (AvgIpc) is 2.96. The summed E-state index contributed by atoms with van der Waals surface area (Å²) in [6, 6.07) is 8.72. The molecule has 1 saturated heterocycles. The van der Waals surface area contributed by atoms with Crippen molar-refractivity contribution in [3.05, 3.63) is 35.9 Å². The number of carbonyl (C=O) groups is 2. The van der Waals surface area contributed by atoms with E-state index in [1.165, 1.54) is 4.90 Å². The molecule has 0 aromatic heterocycles. The number of aliphatic hydroxyl groups is 1. The predicted molar refractivity (Wildman–Crippen MR) is 100 cm³/mol. The molecule has 1 N–H and O–H groups in total. The molecule has 1 aromatic carbocycles. The molecule has 144 valence electrons. The first-order chi connectivity index (χ1) is 12.1. The highest BCUT2D eigenvalue weighted by Crippen LogP contribution is 2.28. The molecule has 1 aliphatic rings. The van der Waals surface area contributed by atoms with Gasteiger partial charge in [0.25, 0.3) is 0 Å². The Morgan fingerprint density at radius 2 is 1.92 bits per heavy atom. The standard InChI is InChI=1S/C19H27ClN2O4/c1-13(14-8-6-5-7-9-14)22(17(24)10-20)15-11-21(12-16(15)23)18(25)26-19(2,3)4/h5-9,13,15-16,23H,10-12H2,1-4H3/t13-,15-,16-/m1/s1. The zero-order chi connectivity index (χ0) is 19.5.